The molecule has 0 saturated heterocycles. The van der Waals surface area contributed by atoms with Gasteiger partial charge in [0.15, 0.2) is 6.54 Å². The smallest absolute Gasteiger partial charge is 0.280 e. The number of nitrogens with one attached hydrogen (secondary N) is 2. The summed E-state index contributed by atoms with van der Waals surface area (Å²) in [6, 6.07) is 10.8. The van der Waals surface area contributed by atoms with Crippen molar-refractivity contribution in [1.29, 1.82) is 5.26 Å². The quantitative estimate of drug-likeness (QED) is 0.755. The SMILES string of the molecule is CC[NH+](CC(=O)Nc1sc2c(c1C#N)CCCC2)Cc1ccc(N(C)C)cc1. The Morgan fingerprint density at radius 3 is 2.61 bits per heavy atom. The van der Waals surface area contributed by atoms with Crippen LogP contribution in [0.1, 0.15) is 41.3 Å². The first kappa shape index (κ1) is 20.4. The summed E-state index contributed by atoms with van der Waals surface area (Å²) in [6.07, 6.45) is 4.29. The Kier molecular flexibility index (Phi) is 6.71. The Balaban J connectivity index is 1.63. The van der Waals surface area contributed by atoms with Crippen molar-refractivity contribution in [2.75, 3.05) is 37.4 Å². The van der Waals surface area contributed by atoms with Crippen LogP contribution in [0, 0.1) is 11.3 Å². The maximum Gasteiger partial charge on any atom is 0.280 e. The van der Waals surface area contributed by atoms with Crippen LogP contribution in [0.3, 0.4) is 0 Å². The number of likely N-dealkylation sites (N-methyl/N-ethyl adjacent to an activating group) is 1. The summed E-state index contributed by atoms with van der Waals surface area (Å²) in [4.78, 5) is 17.2. The molecule has 1 heterocycles. The van der Waals surface area contributed by atoms with Crippen molar-refractivity contribution in [3.63, 3.8) is 0 Å². The number of hydrogen-bond donors (Lipinski definition) is 2. The topological polar surface area (TPSA) is 60.6 Å². The molecule has 0 spiro atoms. The van der Waals surface area contributed by atoms with Gasteiger partial charge in [-0.2, -0.15) is 5.26 Å². The zero-order valence-electron chi connectivity index (χ0n) is 17.0. The summed E-state index contributed by atoms with van der Waals surface area (Å²) < 4.78 is 0. The van der Waals surface area contributed by atoms with E-state index in [-0.39, 0.29) is 5.91 Å². The standard InChI is InChI=1S/C22H28N4OS/c1-4-26(14-16-9-11-17(12-10-16)25(2)3)15-21(27)24-22-19(13-23)18-7-5-6-8-20(18)28-22/h9-12H,4-8,14-15H2,1-3H3,(H,24,27)/p+1. The van der Waals surface area contributed by atoms with E-state index in [1.54, 1.807) is 11.3 Å². The molecule has 1 aliphatic rings. The van der Waals surface area contributed by atoms with E-state index in [1.807, 2.05) is 14.1 Å². The molecule has 6 heteroatoms. The largest absolute Gasteiger partial charge is 0.378 e. The number of carbonyl (C=O) groups excluding carboxylic acids is 1. The molecule has 2 N–H and O–H groups in total. The highest BCUT2D eigenvalue weighted by atomic mass is 32.1. The zero-order valence-corrected chi connectivity index (χ0v) is 17.8. The number of fused-ring (bicyclic) bond motifs is 1. The molecule has 0 radical (unpaired) electrons. The zero-order chi connectivity index (χ0) is 20.1. The number of benzene rings is 1. The minimum absolute atomic E-state index is 0.0168. The first-order valence-corrected chi connectivity index (χ1v) is 10.8. The molecule has 0 aliphatic heterocycles. The fourth-order valence-electron chi connectivity index (χ4n) is 3.68. The monoisotopic (exact) mass is 397 g/mol. The fourth-order valence-corrected chi connectivity index (χ4v) is 4.94. The first-order chi connectivity index (χ1) is 13.5. The molecular formula is C22H29N4OS+. The van der Waals surface area contributed by atoms with Crippen molar-refractivity contribution in [3.8, 4) is 6.07 Å². The number of amides is 1. The number of aryl methyl sites for hydroxylation is 1. The number of thiophene rings is 1. The molecule has 1 atom stereocenters. The number of rotatable bonds is 7. The average Bonchev–Trinajstić information content (AvgIpc) is 3.04. The molecule has 28 heavy (non-hydrogen) atoms. The first-order valence-electron chi connectivity index (χ1n) is 9.96. The van der Waals surface area contributed by atoms with E-state index >= 15 is 0 Å². The Labute approximate surface area is 171 Å². The highest BCUT2D eigenvalue weighted by Gasteiger charge is 2.23. The van der Waals surface area contributed by atoms with Crippen LogP contribution in [0.2, 0.25) is 0 Å². The number of anilines is 2. The van der Waals surface area contributed by atoms with Gasteiger partial charge in [-0.1, -0.05) is 12.1 Å². The van der Waals surface area contributed by atoms with Crippen molar-refractivity contribution in [1.82, 2.24) is 0 Å². The molecule has 3 rings (SSSR count). The summed E-state index contributed by atoms with van der Waals surface area (Å²) in [7, 11) is 4.06. The molecular weight excluding hydrogens is 368 g/mol. The minimum Gasteiger partial charge on any atom is -0.378 e. The summed E-state index contributed by atoms with van der Waals surface area (Å²) >= 11 is 1.59. The minimum atomic E-state index is -0.0168. The highest BCUT2D eigenvalue weighted by Crippen LogP contribution is 2.37. The molecule has 1 unspecified atom stereocenters. The van der Waals surface area contributed by atoms with Crippen molar-refractivity contribution in [3.05, 3.63) is 45.8 Å². The molecule has 1 aromatic carbocycles. The third kappa shape index (κ3) is 4.73. The predicted molar refractivity (Wildman–Crippen MR) is 115 cm³/mol. The van der Waals surface area contributed by atoms with E-state index in [0.717, 1.165) is 42.9 Å². The number of nitrogens with zero attached hydrogens (tertiary/aromatic N) is 2. The van der Waals surface area contributed by atoms with Gasteiger partial charge in [-0.15, -0.1) is 11.3 Å². The third-order valence-electron chi connectivity index (χ3n) is 5.35. The molecule has 2 aromatic rings. The van der Waals surface area contributed by atoms with Gasteiger partial charge < -0.3 is 15.1 Å². The van der Waals surface area contributed by atoms with Crippen molar-refractivity contribution >= 4 is 27.9 Å². The lowest BCUT2D eigenvalue weighted by molar-refractivity contribution is -0.903. The van der Waals surface area contributed by atoms with Crippen LogP contribution < -0.4 is 15.1 Å². The maximum absolute atomic E-state index is 12.7. The van der Waals surface area contributed by atoms with Gasteiger partial charge in [-0.3, -0.25) is 4.79 Å². The van der Waals surface area contributed by atoms with Crippen LogP contribution in [0.5, 0.6) is 0 Å². The van der Waals surface area contributed by atoms with E-state index in [1.165, 1.54) is 27.4 Å². The van der Waals surface area contributed by atoms with Crippen LogP contribution >= 0.6 is 11.3 Å². The van der Waals surface area contributed by atoms with Crippen LogP contribution in [0.25, 0.3) is 0 Å². The molecule has 0 bridgehead atoms. The number of nitriles is 1. The van der Waals surface area contributed by atoms with Gasteiger partial charge in [-0.25, -0.2) is 0 Å². The maximum atomic E-state index is 12.7. The molecule has 0 fully saturated rings. The second kappa shape index (κ2) is 9.22. The molecule has 1 amide bonds. The van der Waals surface area contributed by atoms with Gasteiger partial charge >= 0.3 is 0 Å². The lowest BCUT2D eigenvalue weighted by atomic mass is 9.96. The number of carbonyl (C=O) groups is 1. The lowest BCUT2D eigenvalue weighted by Crippen LogP contribution is -3.11. The van der Waals surface area contributed by atoms with Gasteiger partial charge in [0.25, 0.3) is 5.91 Å². The van der Waals surface area contributed by atoms with Crippen LogP contribution in [-0.4, -0.2) is 33.1 Å². The third-order valence-corrected chi connectivity index (χ3v) is 6.56. The lowest BCUT2D eigenvalue weighted by Gasteiger charge is -2.18. The number of quaternary nitrogens is 1. The Hall–Kier alpha value is -2.36. The summed E-state index contributed by atoms with van der Waals surface area (Å²) in [6.45, 7) is 4.18. The van der Waals surface area contributed by atoms with Gasteiger partial charge in [-0.05, 0) is 50.3 Å². The van der Waals surface area contributed by atoms with E-state index in [2.05, 4.69) is 47.5 Å². The molecule has 148 valence electrons. The second-order valence-corrected chi connectivity index (χ2v) is 8.70. The Bertz CT molecular complexity index is 864. The summed E-state index contributed by atoms with van der Waals surface area (Å²) in [5.41, 5.74) is 4.24. The van der Waals surface area contributed by atoms with E-state index < -0.39 is 0 Å². The van der Waals surface area contributed by atoms with Crippen LogP contribution in [-0.2, 0) is 24.2 Å². The second-order valence-electron chi connectivity index (χ2n) is 7.59. The van der Waals surface area contributed by atoms with Crippen LogP contribution in [0.4, 0.5) is 10.7 Å². The average molecular weight is 398 g/mol. The van der Waals surface area contributed by atoms with Crippen molar-refractivity contribution in [2.24, 2.45) is 0 Å². The van der Waals surface area contributed by atoms with E-state index in [4.69, 9.17) is 0 Å². The van der Waals surface area contributed by atoms with E-state index in [0.29, 0.717) is 12.1 Å². The summed E-state index contributed by atoms with van der Waals surface area (Å²) in [5, 5.41) is 13.3. The van der Waals surface area contributed by atoms with Gasteiger partial charge in [0.1, 0.15) is 17.6 Å². The summed E-state index contributed by atoms with van der Waals surface area (Å²) in [5.74, 6) is -0.0168. The van der Waals surface area contributed by atoms with Crippen LogP contribution in [0.15, 0.2) is 24.3 Å². The van der Waals surface area contributed by atoms with Gasteiger partial charge in [0.2, 0.25) is 0 Å². The number of hydrogen-bond acceptors (Lipinski definition) is 4. The molecule has 1 aliphatic carbocycles. The highest BCUT2D eigenvalue weighted by molar-refractivity contribution is 7.16. The van der Waals surface area contributed by atoms with Gasteiger partial charge in [0.05, 0.1) is 12.1 Å². The normalized spacial score (nSPS) is 14.1. The Morgan fingerprint density at radius 2 is 1.96 bits per heavy atom. The fraction of sp³-hybridized carbons (Fsp3) is 0.455. The molecule has 0 saturated carbocycles. The van der Waals surface area contributed by atoms with Gasteiger partial charge in [0, 0.05) is 30.2 Å². The molecule has 5 nitrogen and oxygen atoms in total. The van der Waals surface area contributed by atoms with E-state index in [9.17, 15) is 10.1 Å². The van der Waals surface area contributed by atoms with Crippen molar-refractivity contribution < 1.29 is 9.69 Å². The Morgan fingerprint density at radius 1 is 1.25 bits per heavy atom. The van der Waals surface area contributed by atoms with Crippen molar-refractivity contribution in [2.45, 2.75) is 39.2 Å². The molecule has 1 aromatic heterocycles. The predicted octanol–water partition coefficient (Wildman–Crippen LogP) is 2.61.